The molecule has 0 aliphatic carbocycles. The first-order chi connectivity index (χ1) is 13.8. The molecule has 1 atom stereocenters. The zero-order chi connectivity index (χ0) is 21.4. The van der Waals surface area contributed by atoms with Gasteiger partial charge in [0, 0.05) is 13.0 Å². The van der Waals surface area contributed by atoms with Crippen LogP contribution in [0.25, 0.3) is 6.08 Å². The number of hydrogen-bond donors (Lipinski definition) is 3. The molecule has 152 valence electrons. The lowest BCUT2D eigenvalue weighted by molar-refractivity contribution is -0.143. The monoisotopic (exact) mass is 433 g/mol. The summed E-state index contributed by atoms with van der Waals surface area (Å²) in [5.74, 6) is -3.16. The number of amides is 3. The first kappa shape index (κ1) is 22.3. The number of nitrogens with two attached hydrogens (primary N) is 1. The standard InChI is InChI=1S/C19H19N3O5S2/c20-15(23)11-13(18(26)27)21-16(24)9-10-22-17(25)14(29-19(22)28)8-4-7-12-5-2-1-3-6-12/h1-8,13H,9-11H2,(H2,20,23)(H,21,24)(H,26,27)/b7-4-,14-8+. The Bertz CT molecular complexity index is 883. The lowest BCUT2D eigenvalue weighted by Crippen LogP contribution is -2.44. The molecule has 10 heteroatoms. The average molecular weight is 434 g/mol. The van der Waals surface area contributed by atoms with Gasteiger partial charge in [0.1, 0.15) is 10.4 Å². The molecule has 0 bridgehead atoms. The van der Waals surface area contributed by atoms with Gasteiger partial charge in [-0.3, -0.25) is 19.3 Å². The van der Waals surface area contributed by atoms with E-state index in [1.165, 1.54) is 4.90 Å². The fraction of sp³-hybridized carbons (Fsp3) is 0.211. The van der Waals surface area contributed by atoms with Crippen molar-refractivity contribution in [2.75, 3.05) is 6.54 Å². The van der Waals surface area contributed by atoms with Crippen LogP contribution in [0.4, 0.5) is 0 Å². The summed E-state index contributed by atoms with van der Waals surface area (Å²) in [6.07, 6.45) is 4.57. The van der Waals surface area contributed by atoms with E-state index in [1.807, 2.05) is 36.4 Å². The summed E-state index contributed by atoms with van der Waals surface area (Å²) >= 11 is 6.32. The smallest absolute Gasteiger partial charge is 0.326 e. The van der Waals surface area contributed by atoms with E-state index in [2.05, 4.69) is 5.32 Å². The number of nitrogens with zero attached hydrogens (tertiary/aromatic N) is 1. The molecule has 1 aliphatic rings. The van der Waals surface area contributed by atoms with Crippen molar-refractivity contribution >= 4 is 58.1 Å². The van der Waals surface area contributed by atoms with Crippen molar-refractivity contribution in [3.05, 3.63) is 53.0 Å². The normalized spacial score (nSPS) is 16.4. The number of thioether (sulfide) groups is 1. The number of hydrogen-bond acceptors (Lipinski definition) is 6. The second-order valence-corrected chi connectivity index (χ2v) is 7.68. The third-order valence-corrected chi connectivity index (χ3v) is 5.21. The fourth-order valence-corrected chi connectivity index (χ4v) is 3.66. The third-order valence-electron chi connectivity index (χ3n) is 3.81. The number of nitrogens with one attached hydrogen (secondary N) is 1. The number of carbonyl (C=O) groups is 4. The van der Waals surface area contributed by atoms with E-state index < -0.39 is 30.2 Å². The maximum Gasteiger partial charge on any atom is 0.326 e. The molecule has 3 amide bonds. The van der Waals surface area contributed by atoms with Crippen LogP contribution in [0.15, 0.2) is 47.4 Å². The van der Waals surface area contributed by atoms with Crippen molar-refractivity contribution in [1.82, 2.24) is 10.2 Å². The summed E-state index contributed by atoms with van der Waals surface area (Å²) in [6, 6.07) is 8.17. The average Bonchev–Trinajstić information content (AvgIpc) is 2.93. The second-order valence-electron chi connectivity index (χ2n) is 6.00. The Morgan fingerprint density at radius 3 is 2.59 bits per heavy atom. The van der Waals surface area contributed by atoms with Crippen molar-refractivity contribution in [2.24, 2.45) is 5.73 Å². The van der Waals surface area contributed by atoms with Gasteiger partial charge in [-0.1, -0.05) is 66.5 Å². The molecule has 29 heavy (non-hydrogen) atoms. The highest BCUT2D eigenvalue weighted by atomic mass is 32.2. The van der Waals surface area contributed by atoms with Crippen molar-refractivity contribution in [2.45, 2.75) is 18.9 Å². The molecule has 1 aromatic carbocycles. The van der Waals surface area contributed by atoms with Gasteiger partial charge in [-0.2, -0.15) is 0 Å². The summed E-state index contributed by atoms with van der Waals surface area (Å²) in [6.45, 7) is -0.000843. The summed E-state index contributed by atoms with van der Waals surface area (Å²) < 4.78 is 0.314. The molecule has 0 spiro atoms. The minimum atomic E-state index is -1.41. The molecule has 1 fully saturated rings. The van der Waals surface area contributed by atoms with E-state index >= 15 is 0 Å². The van der Waals surface area contributed by atoms with Crippen molar-refractivity contribution in [3.8, 4) is 0 Å². The Labute approximate surface area is 176 Å². The molecule has 1 aliphatic heterocycles. The summed E-state index contributed by atoms with van der Waals surface area (Å²) in [7, 11) is 0. The Balaban J connectivity index is 1.92. The summed E-state index contributed by atoms with van der Waals surface area (Å²) in [5, 5.41) is 11.2. The largest absolute Gasteiger partial charge is 0.480 e. The molecule has 1 aromatic rings. The van der Waals surface area contributed by atoms with E-state index in [1.54, 1.807) is 12.2 Å². The number of thiocarbonyl (C=S) groups is 1. The van der Waals surface area contributed by atoms with Gasteiger partial charge in [-0.15, -0.1) is 0 Å². The Hall–Kier alpha value is -2.98. The van der Waals surface area contributed by atoms with Gasteiger partial charge in [-0.05, 0) is 11.6 Å². The number of benzene rings is 1. The molecule has 4 N–H and O–H groups in total. The maximum absolute atomic E-state index is 12.5. The molecule has 1 saturated heterocycles. The number of rotatable bonds is 9. The molecule has 0 aromatic heterocycles. The molecule has 8 nitrogen and oxygen atoms in total. The second kappa shape index (κ2) is 10.5. The molecule has 2 rings (SSSR count). The lowest BCUT2D eigenvalue weighted by atomic mass is 10.2. The van der Waals surface area contributed by atoms with Gasteiger partial charge in [0.15, 0.2) is 0 Å². The fourth-order valence-electron chi connectivity index (χ4n) is 2.40. The van der Waals surface area contributed by atoms with Crippen LogP contribution in [0, 0.1) is 0 Å². The van der Waals surface area contributed by atoms with Crippen molar-refractivity contribution in [1.29, 1.82) is 0 Å². The number of aliphatic carboxylic acids is 1. The summed E-state index contributed by atoms with van der Waals surface area (Å²) in [4.78, 5) is 48.1. The lowest BCUT2D eigenvalue weighted by Gasteiger charge is -2.16. The van der Waals surface area contributed by atoms with E-state index in [9.17, 15) is 19.2 Å². The van der Waals surface area contributed by atoms with Crippen molar-refractivity contribution in [3.63, 3.8) is 0 Å². The van der Waals surface area contributed by atoms with E-state index in [4.69, 9.17) is 23.1 Å². The SMILES string of the molecule is NC(=O)CC(NC(=O)CCN1C(=O)/C(=C\C=C/c2ccccc2)SC1=S)C(=O)O. The van der Waals surface area contributed by atoms with E-state index in [0.29, 0.717) is 9.23 Å². The molecular weight excluding hydrogens is 414 g/mol. The predicted molar refractivity (Wildman–Crippen MR) is 113 cm³/mol. The number of primary amides is 1. The zero-order valence-corrected chi connectivity index (χ0v) is 16.9. The zero-order valence-electron chi connectivity index (χ0n) is 15.2. The number of allylic oxidation sites excluding steroid dienone is 2. The van der Waals surface area contributed by atoms with Crippen LogP contribution in [0.5, 0.6) is 0 Å². The Kier molecular flexibility index (Phi) is 8.10. The van der Waals surface area contributed by atoms with Crippen LogP contribution in [-0.2, 0) is 19.2 Å². The van der Waals surface area contributed by atoms with Crippen LogP contribution in [0.3, 0.4) is 0 Å². The van der Waals surface area contributed by atoms with Crippen LogP contribution >= 0.6 is 24.0 Å². The molecule has 1 heterocycles. The van der Waals surface area contributed by atoms with Crippen molar-refractivity contribution < 1.29 is 24.3 Å². The Morgan fingerprint density at radius 1 is 1.28 bits per heavy atom. The van der Waals surface area contributed by atoms with E-state index in [-0.39, 0.29) is 18.9 Å². The maximum atomic E-state index is 12.5. The van der Waals surface area contributed by atoms with Gasteiger partial charge >= 0.3 is 5.97 Å². The Morgan fingerprint density at radius 2 is 1.97 bits per heavy atom. The van der Waals surface area contributed by atoms with Crippen LogP contribution in [0.2, 0.25) is 0 Å². The van der Waals surface area contributed by atoms with Gasteiger partial charge in [0.05, 0.1) is 11.3 Å². The highest BCUT2D eigenvalue weighted by Gasteiger charge is 2.32. The summed E-state index contributed by atoms with van der Waals surface area (Å²) in [5.41, 5.74) is 5.96. The quantitative estimate of drug-likeness (QED) is 0.395. The first-order valence-corrected chi connectivity index (χ1v) is 9.78. The third kappa shape index (κ3) is 6.84. The number of carboxylic acids is 1. The number of carbonyl (C=O) groups excluding carboxylic acids is 3. The highest BCUT2D eigenvalue weighted by molar-refractivity contribution is 8.26. The molecule has 1 unspecified atom stereocenters. The van der Waals surface area contributed by atoms with Crippen LogP contribution in [0.1, 0.15) is 18.4 Å². The highest BCUT2D eigenvalue weighted by Crippen LogP contribution is 2.31. The molecular formula is C19H19N3O5S2. The molecule has 0 radical (unpaired) electrons. The predicted octanol–water partition coefficient (Wildman–Crippen LogP) is 1.28. The van der Waals surface area contributed by atoms with Gasteiger partial charge in [0.2, 0.25) is 11.8 Å². The first-order valence-electron chi connectivity index (χ1n) is 8.55. The number of carboxylic acid groups (broad SMARTS) is 1. The van der Waals surface area contributed by atoms with Gasteiger partial charge in [0.25, 0.3) is 5.91 Å². The minimum Gasteiger partial charge on any atom is -0.480 e. The molecule has 0 saturated carbocycles. The van der Waals surface area contributed by atoms with Crippen LogP contribution in [-0.4, -0.2) is 50.6 Å². The topological polar surface area (TPSA) is 130 Å². The van der Waals surface area contributed by atoms with Gasteiger partial charge < -0.3 is 16.2 Å². The van der Waals surface area contributed by atoms with E-state index in [0.717, 1.165) is 17.3 Å². The van der Waals surface area contributed by atoms with Crippen LogP contribution < -0.4 is 11.1 Å². The van der Waals surface area contributed by atoms with Gasteiger partial charge in [-0.25, -0.2) is 4.79 Å². The minimum absolute atomic E-state index is 0.000843.